The fourth-order valence-electron chi connectivity index (χ4n) is 1.52. The predicted molar refractivity (Wildman–Crippen MR) is 57.5 cm³/mol. The molecule has 4 nitrogen and oxygen atoms in total. The Morgan fingerprint density at radius 1 is 1.53 bits per heavy atom. The SMILES string of the molecule is C[C@H](O)[C@@H](OC(N)=O)C1C=CC=CC1Cl. The number of halogens is 1. The Labute approximate surface area is 93.4 Å². The smallest absolute Gasteiger partial charge is 0.404 e. The van der Waals surface area contributed by atoms with Gasteiger partial charge in [-0.25, -0.2) is 4.79 Å². The van der Waals surface area contributed by atoms with E-state index in [0.29, 0.717) is 0 Å². The maximum absolute atomic E-state index is 10.7. The number of allylic oxidation sites excluding steroid dienone is 3. The Morgan fingerprint density at radius 3 is 2.60 bits per heavy atom. The fourth-order valence-corrected chi connectivity index (χ4v) is 1.83. The lowest BCUT2D eigenvalue weighted by Crippen LogP contribution is -2.40. The van der Waals surface area contributed by atoms with Crippen LogP contribution in [0.15, 0.2) is 24.3 Å². The van der Waals surface area contributed by atoms with Gasteiger partial charge in [0, 0.05) is 5.92 Å². The number of hydrogen-bond acceptors (Lipinski definition) is 3. The number of ether oxygens (including phenoxy) is 1. The molecule has 5 heteroatoms. The molecule has 0 aromatic heterocycles. The maximum atomic E-state index is 10.7. The Kier molecular flexibility index (Phi) is 4.17. The van der Waals surface area contributed by atoms with E-state index in [1.165, 1.54) is 6.92 Å². The molecule has 0 heterocycles. The van der Waals surface area contributed by atoms with Gasteiger partial charge in [0.05, 0.1) is 11.5 Å². The summed E-state index contributed by atoms with van der Waals surface area (Å²) in [5.41, 5.74) is 4.93. The van der Waals surface area contributed by atoms with Gasteiger partial charge in [-0.05, 0) is 6.92 Å². The molecule has 1 aliphatic rings. The van der Waals surface area contributed by atoms with Crippen molar-refractivity contribution in [1.29, 1.82) is 0 Å². The van der Waals surface area contributed by atoms with Gasteiger partial charge in [0.1, 0.15) is 6.10 Å². The Balaban J connectivity index is 2.75. The van der Waals surface area contributed by atoms with E-state index < -0.39 is 18.3 Å². The largest absolute Gasteiger partial charge is 0.443 e. The van der Waals surface area contributed by atoms with Crippen molar-refractivity contribution in [3.05, 3.63) is 24.3 Å². The highest BCUT2D eigenvalue weighted by molar-refractivity contribution is 6.22. The van der Waals surface area contributed by atoms with Gasteiger partial charge >= 0.3 is 6.09 Å². The van der Waals surface area contributed by atoms with Crippen LogP contribution in [0.2, 0.25) is 0 Å². The molecule has 84 valence electrons. The zero-order valence-electron chi connectivity index (χ0n) is 8.34. The molecule has 0 aliphatic heterocycles. The molecule has 0 saturated carbocycles. The van der Waals surface area contributed by atoms with Crippen LogP contribution in [0.25, 0.3) is 0 Å². The normalized spacial score (nSPS) is 28.5. The van der Waals surface area contributed by atoms with Crippen molar-refractivity contribution in [2.24, 2.45) is 11.7 Å². The maximum Gasteiger partial charge on any atom is 0.404 e. The third-order valence-corrected chi connectivity index (χ3v) is 2.65. The molecule has 0 spiro atoms. The van der Waals surface area contributed by atoms with Gasteiger partial charge in [-0.3, -0.25) is 0 Å². The number of carbonyl (C=O) groups excluding carboxylic acids is 1. The summed E-state index contributed by atoms with van der Waals surface area (Å²) in [4.78, 5) is 10.7. The first kappa shape index (κ1) is 12.1. The fraction of sp³-hybridized carbons (Fsp3) is 0.500. The van der Waals surface area contributed by atoms with Gasteiger partial charge < -0.3 is 15.6 Å². The van der Waals surface area contributed by atoms with Crippen LogP contribution in [0.4, 0.5) is 4.79 Å². The van der Waals surface area contributed by atoms with Gasteiger partial charge in [-0.2, -0.15) is 0 Å². The molecule has 1 aliphatic carbocycles. The van der Waals surface area contributed by atoms with Crippen molar-refractivity contribution in [3.63, 3.8) is 0 Å². The summed E-state index contributed by atoms with van der Waals surface area (Å²) in [5.74, 6) is -0.260. The zero-order chi connectivity index (χ0) is 11.4. The Bertz CT molecular complexity index is 288. The van der Waals surface area contributed by atoms with Crippen LogP contribution in [0.5, 0.6) is 0 Å². The van der Waals surface area contributed by atoms with Crippen molar-refractivity contribution in [3.8, 4) is 0 Å². The Hall–Kier alpha value is -1.00. The molecule has 3 N–H and O–H groups in total. The first-order chi connectivity index (χ1) is 7.02. The van der Waals surface area contributed by atoms with Gasteiger partial charge in [0.2, 0.25) is 0 Å². The molecular formula is C10H14ClNO3. The van der Waals surface area contributed by atoms with Crippen LogP contribution in [0.1, 0.15) is 6.92 Å². The summed E-state index contributed by atoms with van der Waals surface area (Å²) in [7, 11) is 0. The molecule has 4 atom stereocenters. The lowest BCUT2D eigenvalue weighted by atomic mass is 9.91. The highest BCUT2D eigenvalue weighted by atomic mass is 35.5. The van der Waals surface area contributed by atoms with Crippen LogP contribution in [-0.2, 0) is 4.74 Å². The average molecular weight is 232 g/mol. The first-order valence-corrected chi connectivity index (χ1v) is 5.09. The van der Waals surface area contributed by atoms with Gasteiger partial charge in [-0.15, -0.1) is 11.6 Å². The minimum absolute atomic E-state index is 0.260. The van der Waals surface area contributed by atoms with E-state index in [0.717, 1.165) is 0 Å². The second-order valence-corrected chi connectivity index (χ2v) is 3.94. The average Bonchev–Trinajstić information content (AvgIpc) is 2.15. The Morgan fingerprint density at radius 2 is 2.13 bits per heavy atom. The molecule has 0 saturated heterocycles. The number of rotatable bonds is 3. The summed E-state index contributed by atoms with van der Waals surface area (Å²) in [6.07, 6.45) is 4.71. The lowest BCUT2D eigenvalue weighted by Gasteiger charge is -2.29. The lowest BCUT2D eigenvalue weighted by molar-refractivity contribution is -0.00563. The van der Waals surface area contributed by atoms with E-state index in [9.17, 15) is 9.90 Å². The molecule has 1 rings (SSSR count). The number of primary amides is 1. The van der Waals surface area contributed by atoms with E-state index in [1.807, 2.05) is 0 Å². The number of aliphatic hydroxyl groups excluding tert-OH is 1. The quantitative estimate of drug-likeness (QED) is 0.717. The van der Waals surface area contributed by atoms with Crippen molar-refractivity contribution in [2.45, 2.75) is 24.5 Å². The second-order valence-electron chi connectivity index (χ2n) is 3.43. The van der Waals surface area contributed by atoms with E-state index in [4.69, 9.17) is 22.1 Å². The van der Waals surface area contributed by atoms with Crippen molar-refractivity contribution < 1.29 is 14.6 Å². The standard InChI is InChI=1S/C10H14ClNO3/c1-6(13)9(15-10(12)14)7-4-2-3-5-8(7)11/h2-9,13H,1H3,(H2,12,14)/t6-,7?,8?,9+/m0/s1. The number of aliphatic hydroxyl groups is 1. The topological polar surface area (TPSA) is 72.6 Å². The van der Waals surface area contributed by atoms with Crippen LogP contribution in [0, 0.1) is 5.92 Å². The molecule has 0 bridgehead atoms. The van der Waals surface area contributed by atoms with Crippen molar-refractivity contribution in [2.75, 3.05) is 0 Å². The predicted octanol–water partition coefficient (Wildman–Crippen LogP) is 1.18. The van der Waals surface area contributed by atoms with Gasteiger partial charge in [-0.1, -0.05) is 24.3 Å². The first-order valence-electron chi connectivity index (χ1n) is 4.65. The molecule has 0 fully saturated rings. The van der Waals surface area contributed by atoms with Crippen LogP contribution < -0.4 is 5.73 Å². The molecule has 1 amide bonds. The summed E-state index contributed by atoms with van der Waals surface area (Å²) in [6.45, 7) is 1.53. The molecule has 0 aromatic rings. The van der Waals surface area contributed by atoms with Crippen LogP contribution in [0.3, 0.4) is 0 Å². The minimum Gasteiger partial charge on any atom is -0.443 e. The molecule has 0 aromatic carbocycles. The number of nitrogens with two attached hydrogens (primary N) is 1. The second kappa shape index (κ2) is 5.19. The van der Waals surface area contributed by atoms with Crippen LogP contribution >= 0.6 is 11.6 Å². The monoisotopic (exact) mass is 231 g/mol. The summed E-state index contributed by atoms with van der Waals surface area (Å²) >= 11 is 6.02. The van der Waals surface area contributed by atoms with E-state index >= 15 is 0 Å². The summed E-state index contributed by atoms with van der Waals surface area (Å²) < 4.78 is 4.84. The minimum atomic E-state index is -0.910. The molecule has 15 heavy (non-hydrogen) atoms. The van der Waals surface area contributed by atoms with E-state index in [-0.39, 0.29) is 11.3 Å². The highest BCUT2D eigenvalue weighted by Gasteiger charge is 2.32. The number of hydrogen-bond donors (Lipinski definition) is 2. The third kappa shape index (κ3) is 3.25. The number of amides is 1. The third-order valence-electron chi connectivity index (χ3n) is 2.21. The molecule has 2 unspecified atom stereocenters. The van der Waals surface area contributed by atoms with E-state index in [2.05, 4.69) is 0 Å². The van der Waals surface area contributed by atoms with Crippen molar-refractivity contribution in [1.82, 2.24) is 0 Å². The van der Waals surface area contributed by atoms with Gasteiger partial charge in [0.15, 0.2) is 0 Å². The summed E-state index contributed by atoms with van der Waals surface area (Å²) in [6, 6.07) is 0. The molecule has 0 radical (unpaired) electrons. The number of carbonyl (C=O) groups is 1. The zero-order valence-corrected chi connectivity index (χ0v) is 9.09. The van der Waals surface area contributed by atoms with Gasteiger partial charge in [0.25, 0.3) is 0 Å². The highest BCUT2D eigenvalue weighted by Crippen LogP contribution is 2.25. The van der Waals surface area contributed by atoms with Crippen LogP contribution in [-0.4, -0.2) is 28.8 Å². The van der Waals surface area contributed by atoms with Crippen molar-refractivity contribution >= 4 is 17.7 Å². The summed E-state index contributed by atoms with van der Waals surface area (Å²) in [5, 5.41) is 9.17. The molecular weight excluding hydrogens is 218 g/mol. The van der Waals surface area contributed by atoms with E-state index in [1.54, 1.807) is 24.3 Å². The number of alkyl halides is 1.